The largest absolute Gasteiger partial charge is 0.339 e. The summed E-state index contributed by atoms with van der Waals surface area (Å²) in [6, 6.07) is 13.4. The maximum Gasteiger partial charge on any atom is 0.253 e. The van der Waals surface area contributed by atoms with Crippen molar-refractivity contribution in [3.63, 3.8) is 0 Å². The van der Waals surface area contributed by atoms with Crippen LogP contribution in [0.4, 0.5) is 0 Å². The highest BCUT2D eigenvalue weighted by atomic mass is 32.1. The highest BCUT2D eigenvalue weighted by Gasteiger charge is 2.29. The lowest BCUT2D eigenvalue weighted by Crippen LogP contribution is -2.39. The third-order valence-electron chi connectivity index (χ3n) is 4.26. The van der Waals surface area contributed by atoms with E-state index in [1.165, 1.54) is 0 Å². The number of carbonyl (C=O) groups is 1. The Balaban J connectivity index is 1.50. The summed E-state index contributed by atoms with van der Waals surface area (Å²) in [5.74, 6) is 1.43. The number of nitrogens with zero attached hydrogens (tertiary/aromatic N) is 3. The Labute approximate surface area is 143 Å². The third kappa shape index (κ3) is 2.97. The summed E-state index contributed by atoms with van der Waals surface area (Å²) < 4.78 is 5.47. The SMILES string of the molecule is O=C(c1ccccc1)N1CCC[C@H](c2nc(-c3cccs3)no2)C1. The summed E-state index contributed by atoms with van der Waals surface area (Å²) >= 11 is 1.59. The quantitative estimate of drug-likeness (QED) is 0.728. The van der Waals surface area contributed by atoms with Crippen LogP contribution in [0.3, 0.4) is 0 Å². The average molecular weight is 339 g/mol. The van der Waals surface area contributed by atoms with Crippen molar-refractivity contribution in [2.24, 2.45) is 0 Å². The number of thiophene rings is 1. The summed E-state index contributed by atoms with van der Waals surface area (Å²) in [5, 5.41) is 6.08. The van der Waals surface area contributed by atoms with E-state index < -0.39 is 0 Å². The molecule has 4 rings (SSSR count). The Hall–Kier alpha value is -2.47. The van der Waals surface area contributed by atoms with Crippen LogP contribution in [-0.2, 0) is 0 Å². The molecule has 1 fully saturated rings. The fraction of sp³-hybridized carbons (Fsp3) is 0.278. The Kier molecular flexibility index (Phi) is 4.13. The molecule has 1 saturated heterocycles. The van der Waals surface area contributed by atoms with E-state index in [1.54, 1.807) is 11.3 Å². The third-order valence-corrected chi connectivity index (χ3v) is 5.13. The van der Waals surface area contributed by atoms with E-state index in [4.69, 9.17) is 4.52 Å². The first-order chi connectivity index (χ1) is 11.8. The number of piperidine rings is 1. The molecule has 1 aromatic carbocycles. The van der Waals surface area contributed by atoms with Crippen LogP contribution in [0.1, 0.15) is 35.0 Å². The fourth-order valence-corrected chi connectivity index (χ4v) is 3.68. The zero-order valence-corrected chi connectivity index (χ0v) is 13.9. The van der Waals surface area contributed by atoms with Gasteiger partial charge in [0, 0.05) is 18.7 Å². The molecule has 0 unspecified atom stereocenters. The summed E-state index contributed by atoms with van der Waals surface area (Å²) in [5.41, 5.74) is 0.725. The van der Waals surface area contributed by atoms with Gasteiger partial charge in [-0.05, 0) is 36.4 Å². The van der Waals surface area contributed by atoms with E-state index in [1.807, 2.05) is 52.7 Å². The molecule has 0 spiro atoms. The molecule has 0 N–H and O–H groups in total. The molecule has 0 saturated carbocycles. The highest BCUT2D eigenvalue weighted by Crippen LogP contribution is 2.29. The van der Waals surface area contributed by atoms with E-state index in [-0.39, 0.29) is 11.8 Å². The second-order valence-corrected chi connectivity index (χ2v) is 6.84. The molecule has 3 heterocycles. The molecule has 3 aromatic rings. The van der Waals surface area contributed by atoms with Gasteiger partial charge in [0.2, 0.25) is 11.7 Å². The van der Waals surface area contributed by atoms with E-state index in [0.29, 0.717) is 18.3 Å². The molecule has 0 bridgehead atoms. The summed E-state index contributed by atoms with van der Waals surface area (Å²) in [6.07, 6.45) is 1.91. The van der Waals surface area contributed by atoms with E-state index in [9.17, 15) is 4.79 Å². The van der Waals surface area contributed by atoms with Crippen LogP contribution in [0.25, 0.3) is 10.7 Å². The van der Waals surface area contributed by atoms with E-state index in [0.717, 1.165) is 29.8 Å². The summed E-state index contributed by atoms with van der Waals surface area (Å²) in [7, 11) is 0. The van der Waals surface area contributed by atoms with Gasteiger partial charge in [-0.2, -0.15) is 4.98 Å². The normalized spacial score (nSPS) is 17.8. The minimum absolute atomic E-state index is 0.0679. The minimum atomic E-state index is 0.0679. The Morgan fingerprint density at radius 3 is 2.88 bits per heavy atom. The van der Waals surface area contributed by atoms with Crippen LogP contribution in [-0.4, -0.2) is 34.0 Å². The Morgan fingerprint density at radius 2 is 2.08 bits per heavy atom. The monoisotopic (exact) mass is 339 g/mol. The zero-order chi connectivity index (χ0) is 16.4. The second-order valence-electron chi connectivity index (χ2n) is 5.89. The van der Waals surface area contributed by atoms with Crippen molar-refractivity contribution < 1.29 is 9.32 Å². The molecule has 1 aliphatic rings. The number of carbonyl (C=O) groups excluding carboxylic acids is 1. The molecule has 1 aliphatic heterocycles. The van der Waals surface area contributed by atoms with Gasteiger partial charge in [-0.3, -0.25) is 4.79 Å². The molecular weight excluding hydrogens is 322 g/mol. The number of amides is 1. The molecule has 1 amide bonds. The minimum Gasteiger partial charge on any atom is -0.339 e. The van der Waals surface area contributed by atoms with Gasteiger partial charge in [-0.1, -0.05) is 29.4 Å². The first-order valence-corrected chi connectivity index (χ1v) is 8.91. The van der Waals surface area contributed by atoms with Crippen molar-refractivity contribution >= 4 is 17.2 Å². The highest BCUT2D eigenvalue weighted by molar-refractivity contribution is 7.13. The van der Waals surface area contributed by atoms with Crippen LogP contribution in [0.2, 0.25) is 0 Å². The van der Waals surface area contributed by atoms with Gasteiger partial charge in [-0.15, -0.1) is 11.3 Å². The van der Waals surface area contributed by atoms with Crippen molar-refractivity contribution in [3.8, 4) is 10.7 Å². The standard InChI is InChI=1S/C18H17N3O2S/c22-18(13-6-2-1-3-7-13)21-10-4-8-14(12-21)17-19-16(20-23-17)15-9-5-11-24-15/h1-3,5-7,9,11,14H,4,8,10,12H2/t14-/m0/s1. The van der Waals surface area contributed by atoms with Crippen LogP contribution in [0, 0.1) is 0 Å². The number of benzene rings is 1. The molecule has 5 nitrogen and oxygen atoms in total. The van der Waals surface area contributed by atoms with Crippen molar-refractivity contribution in [1.29, 1.82) is 0 Å². The van der Waals surface area contributed by atoms with Gasteiger partial charge >= 0.3 is 0 Å². The Morgan fingerprint density at radius 1 is 1.21 bits per heavy atom. The van der Waals surface area contributed by atoms with Gasteiger partial charge < -0.3 is 9.42 Å². The zero-order valence-electron chi connectivity index (χ0n) is 13.1. The second kappa shape index (κ2) is 6.57. The lowest BCUT2D eigenvalue weighted by atomic mass is 9.97. The van der Waals surface area contributed by atoms with Gasteiger partial charge in [-0.25, -0.2) is 0 Å². The molecule has 2 aromatic heterocycles. The lowest BCUT2D eigenvalue weighted by molar-refractivity contribution is 0.0695. The van der Waals surface area contributed by atoms with E-state index >= 15 is 0 Å². The first-order valence-electron chi connectivity index (χ1n) is 8.03. The number of rotatable bonds is 3. The molecule has 0 radical (unpaired) electrons. The predicted molar refractivity (Wildman–Crippen MR) is 91.9 cm³/mol. The molecule has 122 valence electrons. The van der Waals surface area contributed by atoms with Crippen LogP contribution in [0.15, 0.2) is 52.4 Å². The van der Waals surface area contributed by atoms with Gasteiger partial charge in [0.25, 0.3) is 5.91 Å². The van der Waals surface area contributed by atoms with Crippen LogP contribution >= 0.6 is 11.3 Å². The number of hydrogen-bond acceptors (Lipinski definition) is 5. The number of likely N-dealkylation sites (tertiary alicyclic amines) is 1. The number of hydrogen-bond donors (Lipinski definition) is 0. The van der Waals surface area contributed by atoms with Crippen molar-refractivity contribution in [3.05, 3.63) is 59.3 Å². The first kappa shape index (κ1) is 15.1. The van der Waals surface area contributed by atoms with Crippen molar-refractivity contribution in [2.75, 3.05) is 13.1 Å². The lowest BCUT2D eigenvalue weighted by Gasteiger charge is -2.31. The van der Waals surface area contributed by atoms with Crippen LogP contribution < -0.4 is 0 Å². The average Bonchev–Trinajstić information content (AvgIpc) is 3.33. The van der Waals surface area contributed by atoms with Crippen molar-refractivity contribution in [2.45, 2.75) is 18.8 Å². The Bertz CT molecular complexity index is 814. The molecule has 0 aliphatic carbocycles. The summed E-state index contributed by atoms with van der Waals surface area (Å²) in [4.78, 5) is 20.1. The van der Waals surface area contributed by atoms with Gasteiger partial charge in [0.1, 0.15) is 0 Å². The maximum atomic E-state index is 12.6. The number of aromatic nitrogens is 2. The topological polar surface area (TPSA) is 59.2 Å². The fourth-order valence-electron chi connectivity index (χ4n) is 3.03. The predicted octanol–water partition coefficient (Wildman–Crippen LogP) is 3.82. The van der Waals surface area contributed by atoms with Gasteiger partial charge in [0.05, 0.1) is 10.8 Å². The van der Waals surface area contributed by atoms with Crippen molar-refractivity contribution in [1.82, 2.24) is 15.0 Å². The van der Waals surface area contributed by atoms with E-state index in [2.05, 4.69) is 10.1 Å². The summed E-state index contributed by atoms with van der Waals surface area (Å²) in [6.45, 7) is 1.40. The molecule has 24 heavy (non-hydrogen) atoms. The molecular formula is C18H17N3O2S. The maximum absolute atomic E-state index is 12.6. The molecule has 1 atom stereocenters. The smallest absolute Gasteiger partial charge is 0.253 e. The molecule has 6 heteroatoms. The van der Waals surface area contributed by atoms with Crippen LogP contribution in [0.5, 0.6) is 0 Å². The van der Waals surface area contributed by atoms with Gasteiger partial charge in [0.15, 0.2) is 0 Å².